The van der Waals surface area contributed by atoms with Gasteiger partial charge < -0.3 is 10.6 Å². The van der Waals surface area contributed by atoms with Crippen molar-refractivity contribution in [2.45, 2.75) is 20.3 Å². The molecule has 0 saturated carbocycles. The Hall–Kier alpha value is -3.07. The van der Waals surface area contributed by atoms with E-state index in [0.29, 0.717) is 11.3 Å². The first kappa shape index (κ1) is 17.3. The zero-order valence-corrected chi connectivity index (χ0v) is 14.0. The number of rotatable bonds is 5. The maximum absolute atomic E-state index is 12.4. The quantitative estimate of drug-likeness (QED) is 0.820. The van der Waals surface area contributed by atoms with Gasteiger partial charge in [0, 0.05) is 18.3 Å². The summed E-state index contributed by atoms with van der Waals surface area (Å²) < 4.78 is 1.75. The lowest BCUT2D eigenvalue weighted by molar-refractivity contribution is -0.115. The van der Waals surface area contributed by atoms with Crippen molar-refractivity contribution in [2.75, 3.05) is 11.9 Å². The molecular weight excluding hydrogens is 304 g/mol. The van der Waals surface area contributed by atoms with Crippen LogP contribution < -0.4 is 10.6 Å². The molecule has 1 aromatic carbocycles. The molecular formula is C18H20N4O2. The van der Waals surface area contributed by atoms with E-state index < -0.39 is 0 Å². The van der Waals surface area contributed by atoms with E-state index >= 15 is 0 Å². The molecule has 2 aromatic rings. The molecule has 2 amide bonds. The van der Waals surface area contributed by atoms with Crippen LogP contribution in [0.1, 0.15) is 27.3 Å². The Balaban J connectivity index is 2.15. The van der Waals surface area contributed by atoms with Crippen LogP contribution in [0.3, 0.4) is 0 Å². The minimum absolute atomic E-state index is 0.134. The van der Waals surface area contributed by atoms with Crippen LogP contribution in [0, 0.1) is 26.2 Å². The van der Waals surface area contributed by atoms with Gasteiger partial charge in [-0.15, -0.1) is 6.42 Å². The second kappa shape index (κ2) is 7.47. The van der Waals surface area contributed by atoms with Gasteiger partial charge in [-0.1, -0.05) is 18.1 Å². The van der Waals surface area contributed by atoms with E-state index in [2.05, 4.69) is 21.7 Å². The number of hydrogen-bond donors (Lipinski definition) is 2. The molecule has 0 aliphatic carbocycles. The lowest BCUT2D eigenvalue weighted by Gasteiger charge is -2.11. The molecule has 0 spiro atoms. The van der Waals surface area contributed by atoms with E-state index in [1.807, 2.05) is 20.9 Å². The molecule has 2 N–H and O–H groups in total. The van der Waals surface area contributed by atoms with Crippen molar-refractivity contribution in [2.24, 2.45) is 7.05 Å². The zero-order valence-electron chi connectivity index (χ0n) is 14.0. The van der Waals surface area contributed by atoms with Gasteiger partial charge in [0.2, 0.25) is 5.91 Å². The molecule has 0 aliphatic heterocycles. The summed E-state index contributed by atoms with van der Waals surface area (Å²) in [5.74, 6) is 1.82. The molecule has 1 aromatic heterocycles. The smallest absolute Gasteiger partial charge is 0.254 e. The van der Waals surface area contributed by atoms with Crippen LogP contribution in [0.2, 0.25) is 0 Å². The second-order valence-electron chi connectivity index (χ2n) is 5.43. The predicted molar refractivity (Wildman–Crippen MR) is 92.6 cm³/mol. The lowest BCUT2D eigenvalue weighted by atomic mass is 10.1. The predicted octanol–water partition coefficient (Wildman–Crippen LogP) is 1.58. The number of aryl methyl sites for hydroxylation is 2. The zero-order chi connectivity index (χ0) is 17.7. The summed E-state index contributed by atoms with van der Waals surface area (Å²) in [5.41, 5.74) is 3.49. The normalized spacial score (nSPS) is 10.1. The Morgan fingerprint density at radius 2 is 2.00 bits per heavy atom. The highest BCUT2D eigenvalue weighted by Gasteiger charge is 2.16. The van der Waals surface area contributed by atoms with Crippen LogP contribution >= 0.6 is 0 Å². The van der Waals surface area contributed by atoms with E-state index in [1.165, 1.54) is 0 Å². The Morgan fingerprint density at radius 3 is 2.62 bits per heavy atom. The number of benzene rings is 1. The minimum Gasteiger partial charge on any atom is -0.341 e. The molecule has 6 nitrogen and oxygen atoms in total. The molecule has 24 heavy (non-hydrogen) atoms. The summed E-state index contributed by atoms with van der Waals surface area (Å²) in [5, 5.41) is 9.69. The molecule has 0 radical (unpaired) electrons. The molecule has 1 heterocycles. The summed E-state index contributed by atoms with van der Waals surface area (Å²) in [7, 11) is 1.84. The topological polar surface area (TPSA) is 76.0 Å². The minimum atomic E-state index is -0.322. The number of amides is 2. The van der Waals surface area contributed by atoms with Crippen molar-refractivity contribution in [1.29, 1.82) is 0 Å². The van der Waals surface area contributed by atoms with Gasteiger partial charge in [0.15, 0.2) is 0 Å². The first-order chi connectivity index (χ1) is 11.4. The number of carbonyl (C=O) groups is 2. The Kier molecular flexibility index (Phi) is 5.38. The van der Waals surface area contributed by atoms with E-state index in [-0.39, 0.29) is 24.8 Å². The highest BCUT2D eigenvalue weighted by atomic mass is 16.2. The number of para-hydroxylation sites is 1. The summed E-state index contributed by atoms with van der Waals surface area (Å²) in [4.78, 5) is 24.5. The number of hydrogen-bond acceptors (Lipinski definition) is 3. The third-order valence-corrected chi connectivity index (χ3v) is 3.79. The van der Waals surface area contributed by atoms with Crippen molar-refractivity contribution < 1.29 is 9.59 Å². The van der Waals surface area contributed by atoms with Crippen molar-refractivity contribution in [3.05, 3.63) is 46.8 Å². The highest BCUT2D eigenvalue weighted by molar-refractivity contribution is 6.04. The van der Waals surface area contributed by atoms with Gasteiger partial charge in [0.25, 0.3) is 5.91 Å². The summed E-state index contributed by atoms with van der Waals surface area (Å²) in [6.45, 7) is 3.93. The van der Waals surface area contributed by atoms with Gasteiger partial charge in [0.05, 0.1) is 29.9 Å². The van der Waals surface area contributed by atoms with Gasteiger partial charge in [-0.2, -0.15) is 5.10 Å². The molecule has 6 heteroatoms. The average molecular weight is 324 g/mol. The van der Waals surface area contributed by atoms with Gasteiger partial charge in [-0.05, 0) is 26.0 Å². The average Bonchev–Trinajstić information content (AvgIpc) is 2.79. The van der Waals surface area contributed by atoms with E-state index in [1.54, 1.807) is 28.9 Å². The Bertz CT molecular complexity index is 815. The molecule has 0 bridgehead atoms. The number of aromatic nitrogens is 2. The first-order valence-corrected chi connectivity index (χ1v) is 7.53. The largest absolute Gasteiger partial charge is 0.341 e. The van der Waals surface area contributed by atoms with Gasteiger partial charge >= 0.3 is 0 Å². The molecule has 0 aliphatic rings. The van der Waals surface area contributed by atoms with Crippen LogP contribution in [0.5, 0.6) is 0 Å². The summed E-state index contributed by atoms with van der Waals surface area (Å²) in [6.07, 6.45) is 5.35. The number of anilines is 1. The van der Waals surface area contributed by atoms with Crippen molar-refractivity contribution in [1.82, 2.24) is 15.1 Å². The summed E-state index contributed by atoms with van der Waals surface area (Å²) in [6, 6.07) is 6.82. The number of terminal acetylenes is 1. The highest BCUT2D eigenvalue weighted by Crippen LogP contribution is 2.17. The third kappa shape index (κ3) is 3.82. The van der Waals surface area contributed by atoms with Crippen molar-refractivity contribution in [3.63, 3.8) is 0 Å². The van der Waals surface area contributed by atoms with Gasteiger partial charge in [-0.25, -0.2) is 0 Å². The Morgan fingerprint density at radius 1 is 1.29 bits per heavy atom. The van der Waals surface area contributed by atoms with E-state index in [4.69, 9.17) is 6.42 Å². The number of nitrogens with one attached hydrogen (secondary N) is 2. The van der Waals surface area contributed by atoms with Crippen LogP contribution in [-0.2, 0) is 18.3 Å². The monoisotopic (exact) mass is 324 g/mol. The van der Waals surface area contributed by atoms with Gasteiger partial charge in [0.1, 0.15) is 0 Å². The fraction of sp³-hybridized carbons (Fsp3) is 0.278. The number of carbonyl (C=O) groups excluding carboxylic acids is 2. The van der Waals surface area contributed by atoms with Crippen molar-refractivity contribution in [3.8, 4) is 12.3 Å². The summed E-state index contributed by atoms with van der Waals surface area (Å²) >= 11 is 0. The molecule has 2 rings (SSSR count). The molecule has 0 saturated heterocycles. The molecule has 124 valence electrons. The van der Waals surface area contributed by atoms with E-state index in [9.17, 15) is 9.59 Å². The van der Waals surface area contributed by atoms with Crippen LogP contribution in [0.25, 0.3) is 0 Å². The maximum atomic E-state index is 12.4. The molecule has 0 atom stereocenters. The number of nitrogens with zero attached hydrogens (tertiary/aromatic N) is 2. The third-order valence-electron chi connectivity index (χ3n) is 3.79. The fourth-order valence-electron chi connectivity index (χ4n) is 2.44. The van der Waals surface area contributed by atoms with E-state index in [0.717, 1.165) is 17.0 Å². The molecule has 0 unspecified atom stereocenters. The second-order valence-corrected chi connectivity index (χ2v) is 5.43. The SMILES string of the molecule is C#CCNC(=O)c1ccccc1NC(=O)Cc1c(C)nn(C)c1C. The fourth-order valence-corrected chi connectivity index (χ4v) is 2.44. The first-order valence-electron chi connectivity index (χ1n) is 7.53. The Labute approximate surface area is 141 Å². The van der Waals surface area contributed by atoms with Crippen LogP contribution in [0.4, 0.5) is 5.69 Å². The van der Waals surface area contributed by atoms with Crippen LogP contribution in [-0.4, -0.2) is 28.1 Å². The van der Waals surface area contributed by atoms with Gasteiger partial charge in [-0.3, -0.25) is 14.3 Å². The molecule has 0 fully saturated rings. The standard InChI is InChI=1S/C18H20N4O2/c1-5-10-19-18(24)14-8-6-7-9-16(14)20-17(23)11-15-12(2)21-22(4)13(15)3/h1,6-9H,10-11H2,2-4H3,(H,19,24)(H,20,23). The van der Waals surface area contributed by atoms with Crippen LogP contribution in [0.15, 0.2) is 24.3 Å². The van der Waals surface area contributed by atoms with Crippen molar-refractivity contribution >= 4 is 17.5 Å². The maximum Gasteiger partial charge on any atom is 0.254 e. The lowest BCUT2D eigenvalue weighted by Crippen LogP contribution is -2.25.